The summed E-state index contributed by atoms with van der Waals surface area (Å²) in [6, 6.07) is 4.88. The van der Waals surface area contributed by atoms with Crippen molar-refractivity contribution in [2.75, 3.05) is 40.8 Å². The zero-order valence-electron chi connectivity index (χ0n) is 11.9. The number of halogens is 2. The number of hydrogen-bond donors (Lipinski definition) is 1. The molecule has 0 saturated carbocycles. The van der Waals surface area contributed by atoms with Crippen LogP contribution >= 0.6 is 11.6 Å². The first-order valence-electron chi connectivity index (χ1n) is 6.45. The Labute approximate surface area is 120 Å². The highest BCUT2D eigenvalue weighted by atomic mass is 35.5. The summed E-state index contributed by atoms with van der Waals surface area (Å²) in [4.78, 5) is 4.34. The standard InChI is InChI=1S/C14H23ClFN3/c1-18(2)7-4-8-19(3)14(10-17)11-5-6-13(16)12(15)9-11/h5-6,9,14H,4,7-8,10,17H2,1-3H3. The van der Waals surface area contributed by atoms with E-state index < -0.39 is 5.82 Å². The Morgan fingerprint density at radius 2 is 1.95 bits per heavy atom. The van der Waals surface area contributed by atoms with E-state index in [-0.39, 0.29) is 11.1 Å². The van der Waals surface area contributed by atoms with E-state index in [9.17, 15) is 4.39 Å². The summed E-state index contributed by atoms with van der Waals surface area (Å²) in [5.41, 5.74) is 6.80. The highest BCUT2D eigenvalue weighted by Gasteiger charge is 2.16. The molecule has 1 rings (SSSR count). The summed E-state index contributed by atoms with van der Waals surface area (Å²) < 4.78 is 13.2. The van der Waals surface area contributed by atoms with Crippen molar-refractivity contribution in [3.63, 3.8) is 0 Å². The molecule has 1 aromatic carbocycles. The minimum Gasteiger partial charge on any atom is -0.329 e. The molecule has 0 saturated heterocycles. The molecule has 108 valence electrons. The van der Waals surface area contributed by atoms with Gasteiger partial charge in [0.1, 0.15) is 5.82 Å². The van der Waals surface area contributed by atoms with Gasteiger partial charge in [0.05, 0.1) is 5.02 Å². The smallest absolute Gasteiger partial charge is 0.141 e. The molecule has 0 spiro atoms. The predicted octanol–water partition coefficient (Wildman–Crippen LogP) is 2.36. The predicted molar refractivity (Wildman–Crippen MR) is 79.0 cm³/mol. The van der Waals surface area contributed by atoms with Crippen molar-refractivity contribution < 1.29 is 4.39 Å². The molecule has 0 bridgehead atoms. The van der Waals surface area contributed by atoms with Gasteiger partial charge in [-0.05, 0) is 58.3 Å². The summed E-state index contributed by atoms with van der Waals surface area (Å²) in [6.45, 7) is 2.46. The van der Waals surface area contributed by atoms with Gasteiger partial charge in [0.15, 0.2) is 0 Å². The molecule has 1 unspecified atom stereocenters. The van der Waals surface area contributed by atoms with Gasteiger partial charge in [-0.15, -0.1) is 0 Å². The highest BCUT2D eigenvalue weighted by molar-refractivity contribution is 6.30. The van der Waals surface area contributed by atoms with Gasteiger partial charge < -0.3 is 10.6 Å². The lowest BCUT2D eigenvalue weighted by molar-refractivity contribution is 0.235. The van der Waals surface area contributed by atoms with Crippen LogP contribution in [0.25, 0.3) is 0 Å². The van der Waals surface area contributed by atoms with E-state index in [0.717, 1.165) is 25.1 Å². The summed E-state index contributed by atoms with van der Waals surface area (Å²) in [5, 5.41) is 0.151. The second-order valence-electron chi connectivity index (χ2n) is 5.06. The summed E-state index contributed by atoms with van der Waals surface area (Å²) in [7, 11) is 6.14. The normalized spacial score (nSPS) is 13.3. The van der Waals surface area contributed by atoms with Crippen molar-refractivity contribution in [1.82, 2.24) is 9.80 Å². The van der Waals surface area contributed by atoms with Crippen LogP contribution in [0.5, 0.6) is 0 Å². The molecule has 2 N–H and O–H groups in total. The van der Waals surface area contributed by atoms with Gasteiger partial charge in [-0.3, -0.25) is 4.90 Å². The number of nitrogens with two attached hydrogens (primary N) is 1. The van der Waals surface area contributed by atoms with Crippen molar-refractivity contribution in [1.29, 1.82) is 0 Å². The summed E-state index contributed by atoms with van der Waals surface area (Å²) in [5.74, 6) is -0.392. The van der Waals surface area contributed by atoms with E-state index in [2.05, 4.69) is 23.9 Å². The van der Waals surface area contributed by atoms with Gasteiger partial charge in [0.2, 0.25) is 0 Å². The number of benzene rings is 1. The van der Waals surface area contributed by atoms with E-state index in [4.69, 9.17) is 17.3 Å². The molecule has 1 aromatic rings. The molecule has 0 aliphatic rings. The van der Waals surface area contributed by atoms with Crippen LogP contribution in [0.2, 0.25) is 5.02 Å². The number of rotatable bonds is 7. The molecule has 5 heteroatoms. The van der Waals surface area contributed by atoms with E-state index in [0.29, 0.717) is 6.54 Å². The third kappa shape index (κ3) is 5.07. The molecule has 0 fully saturated rings. The third-order valence-corrected chi connectivity index (χ3v) is 3.49. The second kappa shape index (κ2) is 7.80. The molecule has 0 radical (unpaired) electrons. The minimum absolute atomic E-state index is 0.0697. The summed E-state index contributed by atoms with van der Waals surface area (Å²) >= 11 is 5.82. The Bertz CT molecular complexity index is 398. The van der Waals surface area contributed by atoms with Gasteiger partial charge in [-0.2, -0.15) is 0 Å². The van der Waals surface area contributed by atoms with Crippen LogP contribution in [0.4, 0.5) is 4.39 Å². The molecule has 0 aromatic heterocycles. The lowest BCUT2D eigenvalue weighted by Gasteiger charge is -2.28. The van der Waals surface area contributed by atoms with Gasteiger partial charge >= 0.3 is 0 Å². The van der Waals surface area contributed by atoms with E-state index in [1.807, 2.05) is 7.05 Å². The number of likely N-dealkylation sites (N-methyl/N-ethyl adjacent to an activating group) is 1. The minimum atomic E-state index is -0.392. The summed E-state index contributed by atoms with van der Waals surface area (Å²) in [6.07, 6.45) is 1.06. The third-order valence-electron chi connectivity index (χ3n) is 3.20. The van der Waals surface area contributed by atoms with Crippen LogP contribution in [0.1, 0.15) is 18.0 Å². The number of hydrogen-bond acceptors (Lipinski definition) is 3. The van der Waals surface area contributed by atoms with Crippen molar-refractivity contribution in [3.05, 3.63) is 34.6 Å². The molecule has 3 nitrogen and oxygen atoms in total. The van der Waals surface area contributed by atoms with Crippen LogP contribution in [0.3, 0.4) is 0 Å². The quantitative estimate of drug-likeness (QED) is 0.836. The zero-order valence-corrected chi connectivity index (χ0v) is 12.6. The average Bonchev–Trinajstić information content (AvgIpc) is 2.34. The van der Waals surface area contributed by atoms with E-state index in [1.54, 1.807) is 12.1 Å². The van der Waals surface area contributed by atoms with E-state index in [1.165, 1.54) is 6.07 Å². The van der Waals surface area contributed by atoms with E-state index >= 15 is 0 Å². The molecular weight excluding hydrogens is 265 g/mol. The maximum Gasteiger partial charge on any atom is 0.141 e. The zero-order chi connectivity index (χ0) is 14.4. The first-order chi connectivity index (χ1) is 8.95. The van der Waals surface area contributed by atoms with Gasteiger partial charge in [-0.1, -0.05) is 17.7 Å². The highest BCUT2D eigenvalue weighted by Crippen LogP contribution is 2.23. The van der Waals surface area contributed by atoms with Gasteiger partial charge in [0.25, 0.3) is 0 Å². The van der Waals surface area contributed by atoms with Gasteiger partial charge in [-0.25, -0.2) is 4.39 Å². The van der Waals surface area contributed by atoms with Crippen LogP contribution in [0, 0.1) is 5.82 Å². The van der Waals surface area contributed by atoms with Crippen molar-refractivity contribution in [3.8, 4) is 0 Å². The molecule has 19 heavy (non-hydrogen) atoms. The molecular formula is C14H23ClFN3. The van der Waals surface area contributed by atoms with Crippen LogP contribution in [-0.4, -0.2) is 50.6 Å². The largest absolute Gasteiger partial charge is 0.329 e. The topological polar surface area (TPSA) is 32.5 Å². The Kier molecular flexibility index (Phi) is 6.72. The Morgan fingerprint density at radius 3 is 2.47 bits per heavy atom. The average molecular weight is 288 g/mol. The van der Waals surface area contributed by atoms with Crippen molar-refractivity contribution in [2.45, 2.75) is 12.5 Å². The SMILES string of the molecule is CN(C)CCCN(C)C(CN)c1ccc(F)c(Cl)c1. The Balaban J connectivity index is 2.67. The van der Waals surface area contributed by atoms with Crippen LogP contribution < -0.4 is 5.73 Å². The Hall–Kier alpha value is -0.680. The second-order valence-corrected chi connectivity index (χ2v) is 5.47. The molecule has 1 atom stereocenters. The van der Waals surface area contributed by atoms with Crippen molar-refractivity contribution >= 4 is 11.6 Å². The molecule has 0 aliphatic carbocycles. The first-order valence-corrected chi connectivity index (χ1v) is 6.83. The van der Waals surface area contributed by atoms with Gasteiger partial charge in [0, 0.05) is 12.6 Å². The fourth-order valence-corrected chi connectivity index (χ4v) is 2.27. The monoisotopic (exact) mass is 287 g/mol. The lowest BCUT2D eigenvalue weighted by atomic mass is 10.1. The number of nitrogens with zero attached hydrogens (tertiary/aromatic N) is 2. The molecule has 0 aliphatic heterocycles. The lowest BCUT2D eigenvalue weighted by Crippen LogP contribution is -2.32. The molecule has 0 amide bonds. The van der Waals surface area contributed by atoms with Crippen molar-refractivity contribution in [2.24, 2.45) is 5.73 Å². The Morgan fingerprint density at radius 1 is 1.26 bits per heavy atom. The molecule has 0 heterocycles. The maximum absolute atomic E-state index is 13.2. The first kappa shape index (κ1) is 16.4. The fourth-order valence-electron chi connectivity index (χ4n) is 2.08. The maximum atomic E-state index is 13.2. The van der Waals surface area contributed by atoms with Crippen LogP contribution in [0.15, 0.2) is 18.2 Å². The van der Waals surface area contributed by atoms with Crippen LogP contribution in [-0.2, 0) is 0 Å². The fraction of sp³-hybridized carbons (Fsp3) is 0.571.